The van der Waals surface area contributed by atoms with E-state index in [9.17, 15) is 9.59 Å². The average molecular weight is 445 g/mol. The second-order valence-corrected chi connectivity index (χ2v) is 9.00. The molecular weight excluding hydrogens is 428 g/mol. The molecule has 0 radical (unpaired) electrons. The maximum Gasteiger partial charge on any atom is 0.332 e. The molecule has 3 amide bonds. The second kappa shape index (κ2) is 7.44. The molecular formula is C19H17ClN6O3S. The summed E-state index contributed by atoms with van der Waals surface area (Å²) >= 11 is 7.78. The highest BCUT2D eigenvalue weighted by Crippen LogP contribution is 2.56. The van der Waals surface area contributed by atoms with Crippen molar-refractivity contribution in [2.75, 3.05) is 11.4 Å². The number of imide groups is 1. The molecule has 154 valence electrons. The standard InChI is InChI=1S/C19H17ClN6O3S/c1-24-8-13(7-21-24)25-10-17(27)26(19(25)28)9-16-22-15(23-29-16)6-14-18(30-14)11-2-4-12(20)5-3-11/h2-5,7-8,14,18H,6,9-10H2,1H3. The first kappa shape index (κ1) is 19.1. The fourth-order valence-corrected chi connectivity index (χ4v) is 4.67. The fraction of sp³-hybridized carbons (Fsp3) is 0.316. The zero-order valence-corrected chi connectivity index (χ0v) is 17.5. The van der Waals surface area contributed by atoms with Gasteiger partial charge < -0.3 is 4.52 Å². The molecule has 4 heterocycles. The smallest absolute Gasteiger partial charge is 0.332 e. The summed E-state index contributed by atoms with van der Waals surface area (Å²) in [7, 11) is 1.75. The van der Waals surface area contributed by atoms with Crippen molar-refractivity contribution < 1.29 is 14.1 Å². The Morgan fingerprint density at radius 2 is 2.07 bits per heavy atom. The van der Waals surface area contributed by atoms with Gasteiger partial charge in [0, 0.05) is 35.2 Å². The lowest BCUT2D eigenvalue weighted by molar-refractivity contribution is -0.125. The van der Waals surface area contributed by atoms with Gasteiger partial charge in [-0.15, -0.1) is 11.8 Å². The number of anilines is 1. The average Bonchev–Trinajstić information content (AvgIpc) is 3.00. The van der Waals surface area contributed by atoms with E-state index in [1.165, 1.54) is 10.5 Å². The molecule has 5 rings (SSSR count). The summed E-state index contributed by atoms with van der Waals surface area (Å²) in [6.45, 7) is -0.0765. The number of urea groups is 1. The molecule has 0 N–H and O–H groups in total. The van der Waals surface area contributed by atoms with Crippen LogP contribution in [0.5, 0.6) is 0 Å². The van der Waals surface area contributed by atoms with Gasteiger partial charge in [-0.2, -0.15) is 10.1 Å². The van der Waals surface area contributed by atoms with Crippen LogP contribution in [0.1, 0.15) is 22.5 Å². The van der Waals surface area contributed by atoms with Gasteiger partial charge in [-0.3, -0.25) is 19.3 Å². The van der Waals surface area contributed by atoms with Crippen molar-refractivity contribution in [2.45, 2.75) is 23.5 Å². The molecule has 0 saturated carbocycles. The zero-order chi connectivity index (χ0) is 20.8. The Balaban J connectivity index is 1.21. The van der Waals surface area contributed by atoms with Gasteiger partial charge in [-0.1, -0.05) is 28.9 Å². The van der Waals surface area contributed by atoms with E-state index >= 15 is 0 Å². The number of nitrogens with zero attached hydrogens (tertiary/aromatic N) is 6. The number of carbonyl (C=O) groups excluding carboxylic acids is 2. The quantitative estimate of drug-likeness (QED) is 0.426. The van der Waals surface area contributed by atoms with Crippen LogP contribution in [0, 0.1) is 0 Å². The number of halogens is 1. The molecule has 30 heavy (non-hydrogen) atoms. The molecule has 9 nitrogen and oxygen atoms in total. The number of rotatable bonds is 6. The minimum Gasteiger partial charge on any atom is -0.337 e. The summed E-state index contributed by atoms with van der Waals surface area (Å²) in [5.74, 6) is 0.500. The van der Waals surface area contributed by atoms with Gasteiger partial charge in [0.15, 0.2) is 5.82 Å². The molecule has 2 aromatic heterocycles. The van der Waals surface area contributed by atoms with Gasteiger partial charge in [-0.25, -0.2) is 4.79 Å². The van der Waals surface area contributed by atoms with E-state index in [1.54, 1.807) is 24.1 Å². The topological polar surface area (TPSA) is 97.4 Å². The zero-order valence-electron chi connectivity index (χ0n) is 15.9. The van der Waals surface area contributed by atoms with Crippen molar-refractivity contribution >= 4 is 41.0 Å². The third-order valence-corrected chi connectivity index (χ3v) is 6.65. The van der Waals surface area contributed by atoms with Gasteiger partial charge in [0.2, 0.25) is 5.89 Å². The predicted octanol–water partition coefficient (Wildman–Crippen LogP) is 2.82. The van der Waals surface area contributed by atoms with E-state index in [4.69, 9.17) is 16.1 Å². The highest BCUT2D eigenvalue weighted by atomic mass is 35.5. The van der Waals surface area contributed by atoms with E-state index in [1.807, 2.05) is 36.0 Å². The largest absolute Gasteiger partial charge is 0.337 e. The Bertz CT molecular complexity index is 1110. The van der Waals surface area contributed by atoms with Gasteiger partial charge in [0.25, 0.3) is 5.91 Å². The lowest BCUT2D eigenvalue weighted by Gasteiger charge is -2.13. The first-order valence-corrected chi connectivity index (χ1v) is 10.6. The third kappa shape index (κ3) is 3.68. The van der Waals surface area contributed by atoms with Crippen LogP contribution in [0.4, 0.5) is 10.5 Å². The Morgan fingerprint density at radius 3 is 2.80 bits per heavy atom. The first-order valence-electron chi connectivity index (χ1n) is 9.31. The second-order valence-electron chi connectivity index (χ2n) is 7.18. The molecule has 0 bridgehead atoms. The van der Waals surface area contributed by atoms with Crippen LogP contribution >= 0.6 is 23.4 Å². The Morgan fingerprint density at radius 1 is 1.27 bits per heavy atom. The van der Waals surface area contributed by atoms with Gasteiger partial charge in [0.05, 0.1) is 11.9 Å². The summed E-state index contributed by atoms with van der Waals surface area (Å²) in [5, 5.41) is 9.53. The molecule has 2 aliphatic heterocycles. The van der Waals surface area contributed by atoms with Crippen molar-refractivity contribution in [2.24, 2.45) is 7.05 Å². The molecule has 2 saturated heterocycles. The number of aromatic nitrogens is 4. The van der Waals surface area contributed by atoms with Crippen LogP contribution in [0.25, 0.3) is 0 Å². The molecule has 2 atom stereocenters. The highest BCUT2D eigenvalue weighted by molar-refractivity contribution is 8.07. The molecule has 2 aliphatic rings. The van der Waals surface area contributed by atoms with Crippen molar-refractivity contribution in [3.8, 4) is 0 Å². The maximum absolute atomic E-state index is 12.6. The number of hydrogen-bond acceptors (Lipinski definition) is 7. The molecule has 11 heteroatoms. The lowest BCUT2D eigenvalue weighted by Crippen LogP contribution is -2.32. The van der Waals surface area contributed by atoms with Crippen LogP contribution in [0.2, 0.25) is 5.02 Å². The minimum absolute atomic E-state index is 0.0347. The monoisotopic (exact) mass is 444 g/mol. The summed E-state index contributed by atoms with van der Waals surface area (Å²) < 4.78 is 6.86. The molecule has 0 spiro atoms. The summed E-state index contributed by atoms with van der Waals surface area (Å²) in [6.07, 6.45) is 3.89. The van der Waals surface area contributed by atoms with E-state index in [0.717, 1.165) is 9.92 Å². The summed E-state index contributed by atoms with van der Waals surface area (Å²) in [5.41, 5.74) is 1.80. The van der Waals surface area contributed by atoms with Crippen LogP contribution in [0.15, 0.2) is 41.2 Å². The fourth-order valence-electron chi connectivity index (χ4n) is 3.44. The third-order valence-electron chi connectivity index (χ3n) is 5.03. The highest BCUT2D eigenvalue weighted by Gasteiger charge is 2.41. The van der Waals surface area contributed by atoms with Crippen LogP contribution in [0.3, 0.4) is 0 Å². The molecule has 2 fully saturated rings. The van der Waals surface area contributed by atoms with Crippen molar-refractivity contribution in [1.82, 2.24) is 24.8 Å². The maximum atomic E-state index is 12.6. The first-order chi connectivity index (χ1) is 14.5. The number of hydrogen-bond donors (Lipinski definition) is 0. The summed E-state index contributed by atoms with van der Waals surface area (Å²) in [4.78, 5) is 31.8. The normalized spacial score (nSPS) is 21.0. The van der Waals surface area contributed by atoms with Gasteiger partial charge >= 0.3 is 6.03 Å². The van der Waals surface area contributed by atoms with Gasteiger partial charge in [-0.05, 0) is 17.7 Å². The minimum atomic E-state index is -0.423. The summed E-state index contributed by atoms with van der Waals surface area (Å²) in [6, 6.07) is 7.41. The number of benzene rings is 1. The number of aryl methyl sites for hydroxylation is 1. The molecule has 2 unspecified atom stereocenters. The van der Waals surface area contributed by atoms with Crippen molar-refractivity contribution in [1.29, 1.82) is 0 Å². The van der Waals surface area contributed by atoms with E-state index < -0.39 is 6.03 Å². The Labute approximate surface area is 181 Å². The molecule has 0 aliphatic carbocycles. The number of carbonyl (C=O) groups is 2. The van der Waals surface area contributed by atoms with Crippen LogP contribution in [-0.2, 0) is 24.8 Å². The number of thioether (sulfide) groups is 1. The lowest BCUT2D eigenvalue weighted by atomic mass is 10.1. The van der Waals surface area contributed by atoms with Crippen LogP contribution < -0.4 is 4.90 Å². The van der Waals surface area contributed by atoms with E-state index in [2.05, 4.69) is 15.2 Å². The van der Waals surface area contributed by atoms with Crippen molar-refractivity contribution in [3.63, 3.8) is 0 Å². The van der Waals surface area contributed by atoms with Crippen LogP contribution in [-0.4, -0.2) is 48.6 Å². The van der Waals surface area contributed by atoms with E-state index in [0.29, 0.717) is 28.4 Å². The van der Waals surface area contributed by atoms with Crippen molar-refractivity contribution in [3.05, 3.63) is 59.0 Å². The SMILES string of the molecule is Cn1cc(N2CC(=O)N(Cc3nc(CC4SC4c4ccc(Cl)cc4)no3)C2=O)cn1. The Kier molecular flexibility index (Phi) is 4.75. The Hall–Kier alpha value is -2.85. The molecule has 1 aromatic carbocycles. The van der Waals surface area contributed by atoms with Gasteiger partial charge in [0.1, 0.15) is 13.1 Å². The van der Waals surface area contributed by atoms with E-state index in [-0.39, 0.29) is 24.9 Å². The predicted molar refractivity (Wildman–Crippen MR) is 110 cm³/mol. The molecule has 3 aromatic rings. The number of amides is 3.